The molecule has 16 heavy (non-hydrogen) atoms. The molecule has 0 unspecified atom stereocenters. The van der Waals surface area contributed by atoms with E-state index in [1.54, 1.807) is 0 Å². The standard InChI is InChI=1S/C10H11NO4S/c12-16(13)14-10(15-16)7-11-6-5-8-3-1-2-4-9(8)10/h1-4,11H,5-7H2. The first-order valence-electron chi connectivity index (χ1n) is 5.07. The van der Waals surface area contributed by atoms with E-state index in [-0.39, 0.29) is 0 Å². The van der Waals surface area contributed by atoms with E-state index in [4.69, 9.17) is 8.37 Å². The van der Waals surface area contributed by atoms with E-state index in [2.05, 4.69) is 5.32 Å². The summed E-state index contributed by atoms with van der Waals surface area (Å²) in [5.41, 5.74) is 1.86. The Balaban J connectivity index is 2.08. The minimum absolute atomic E-state index is 0.350. The van der Waals surface area contributed by atoms with Crippen molar-refractivity contribution in [2.24, 2.45) is 0 Å². The van der Waals surface area contributed by atoms with Gasteiger partial charge >= 0.3 is 10.4 Å². The largest absolute Gasteiger partial charge is 0.406 e. The Morgan fingerprint density at radius 3 is 2.75 bits per heavy atom. The smallest absolute Gasteiger partial charge is 0.311 e. The van der Waals surface area contributed by atoms with Crippen LogP contribution in [0.1, 0.15) is 11.1 Å². The van der Waals surface area contributed by atoms with Crippen molar-refractivity contribution >= 4 is 10.4 Å². The number of hydrogen-bond acceptors (Lipinski definition) is 5. The molecule has 0 saturated carbocycles. The first kappa shape index (κ1) is 10.2. The van der Waals surface area contributed by atoms with Crippen LogP contribution in [-0.2, 0) is 31.0 Å². The summed E-state index contributed by atoms with van der Waals surface area (Å²) in [6.07, 6.45) is 0.838. The molecule has 0 amide bonds. The van der Waals surface area contributed by atoms with Crippen molar-refractivity contribution in [3.63, 3.8) is 0 Å². The molecule has 0 aromatic heterocycles. The Morgan fingerprint density at radius 1 is 1.25 bits per heavy atom. The number of nitrogens with one attached hydrogen (secondary N) is 1. The third-order valence-corrected chi connectivity index (χ3v) is 3.78. The third-order valence-electron chi connectivity index (χ3n) is 2.83. The maximum Gasteiger partial charge on any atom is 0.406 e. The van der Waals surface area contributed by atoms with E-state index in [0.29, 0.717) is 6.54 Å². The van der Waals surface area contributed by atoms with E-state index >= 15 is 0 Å². The van der Waals surface area contributed by atoms with Crippen LogP contribution in [0.3, 0.4) is 0 Å². The van der Waals surface area contributed by atoms with Crippen molar-refractivity contribution in [1.82, 2.24) is 5.32 Å². The number of fused-ring (bicyclic) bond motifs is 2. The van der Waals surface area contributed by atoms with Crippen LogP contribution >= 0.6 is 0 Å². The van der Waals surface area contributed by atoms with Crippen LogP contribution in [-0.4, -0.2) is 21.5 Å². The van der Waals surface area contributed by atoms with Gasteiger partial charge in [0.1, 0.15) is 0 Å². The van der Waals surface area contributed by atoms with Crippen LogP contribution in [0.5, 0.6) is 0 Å². The minimum Gasteiger partial charge on any atom is -0.311 e. The van der Waals surface area contributed by atoms with Gasteiger partial charge in [-0.2, -0.15) is 8.42 Å². The SMILES string of the molecule is O=S1(=O)OC2(CNCCc3ccccc32)O1. The van der Waals surface area contributed by atoms with E-state index in [1.165, 1.54) is 0 Å². The summed E-state index contributed by atoms with van der Waals surface area (Å²) in [5, 5.41) is 3.11. The molecule has 0 radical (unpaired) electrons. The molecule has 1 spiro atoms. The molecule has 2 aliphatic heterocycles. The Hall–Kier alpha value is -0.950. The molecule has 1 fully saturated rings. The molecule has 2 heterocycles. The maximum atomic E-state index is 11.0. The molecule has 2 aliphatic rings. The number of benzene rings is 1. The van der Waals surface area contributed by atoms with Gasteiger partial charge in [-0.3, -0.25) is 0 Å². The van der Waals surface area contributed by atoms with Crippen molar-refractivity contribution in [2.45, 2.75) is 12.2 Å². The summed E-state index contributed by atoms with van der Waals surface area (Å²) in [7, 11) is -3.79. The second-order valence-corrected chi connectivity index (χ2v) is 5.06. The predicted molar refractivity (Wildman–Crippen MR) is 55.8 cm³/mol. The summed E-state index contributed by atoms with van der Waals surface area (Å²) in [4.78, 5) is 0. The molecule has 1 N–H and O–H groups in total. The van der Waals surface area contributed by atoms with Gasteiger partial charge in [-0.25, -0.2) is 8.37 Å². The second kappa shape index (κ2) is 3.27. The third kappa shape index (κ3) is 1.46. The summed E-state index contributed by atoms with van der Waals surface area (Å²) in [5.74, 6) is -1.15. The maximum absolute atomic E-state index is 11.0. The summed E-state index contributed by atoms with van der Waals surface area (Å²) in [6.45, 7) is 1.13. The Morgan fingerprint density at radius 2 is 2.00 bits per heavy atom. The molecule has 0 bridgehead atoms. The van der Waals surface area contributed by atoms with Crippen molar-refractivity contribution in [3.05, 3.63) is 35.4 Å². The van der Waals surface area contributed by atoms with Gasteiger partial charge in [0.05, 0.1) is 6.54 Å². The van der Waals surface area contributed by atoms with Crippen molar-refractivity contribution in [2.75, 3.05) is 13.1 Å². The quantitative estimate of drug-likeness (QED) is 0.706. The molecule has 3 rings (SSSR count). The minimum atomic E-state index is -3.79. The fourth-order valence-corrected chi connectivity index (χ4v) is 3.14. The number of rotatable bonds is 0. The zero-order chi connectivity index (χ0) is 11.2. The lowest BCUT2D eigenvalue weighted by atomic mass is 9.99. The molecule has 5 nitrogen and oxygen atoms in total. The zero-order valence-electron chi connectivity index (χ0n) is 8.47. The average molecular weight is 241 g/mol. The first-order chi connectivity index (χ1) is 7.61. The van der Waals surface area contributed by atoms with Crippen molar-refractivity contribution in [1.29, 1.82) is 0 Å². The van der Waals surface area contributed by atoms with Gasteiger partial charge in [0.2, 0.25) is 5.79 Å². The summed E-state index contributed by atoms with van der Waals surface area (Å²) >= 11 is 0. The van der Waals surface area contributed by atoms with Gasteiger partial charge < -0.3 is 5.32 Å². The van der Waals surface area contributed by atoms with Crippen LogP contribution in [0.15, 0.2) is 24.3 Å². The van der Waals surface area contributed by atoms with E-state index in [9.17, 15) is 8.42 Å². The van der Waals surface area contributed by atoms with E-state index in [1.807, 2.05) is 24.3 Å². The lowest BCUT2D eigenvalue weighted by Crippen LogP contribution is -2.53. The molecule has 1 aromatic carbocycles. The molecule has 1 aromatic rings. The zero-order valence-corrected chi connectivity index (χ0v) is 9.29. The molecule has 6 heteroatoms. The molecule has 1 saturated heterocycles. The highest BCUT2D eigenvalue weighted by atomic mass is 32.3. The van der Waals surface area contributed by atoms with E-state index in [0.717, 1.165) is 24.1 Å². The highest BCUT2D eigenvalue weighted by Crippen LogP contribution is 2.42. The highest BCUT2D eigenvalue weighted by molar-refractivity contribution is 7.82. The fraction of sp³-hybridized carbons (Fsp3) is 0.400. The van der Waals surface area contributed by atoms with Crippen LogP contribution in [0.4, 0.5) is 0 Å². The van der Waals surface area contributed by atoms with Gasteiger partial charge in [-0.05, 0) is 18.5 Å². The van der Waals surface area contributed by atoms with Crippen LogP contribution < -0.4 is 5.32 Å². The number of hydrogen-bond donors (Lipinski definition) is 1. The van der Waals surface area contributed by atoms with Crippen molar-refractivity contribution in [3.8, 4) is 0 Å². The topological polar surface area (TPSA) is 64.6 Å². The van der Waals surface area contributed by atoms with Crippen LogP contribution in [0, 0.1) is 0 Å². The van der Waals surface area contributed by atoms with Gasteiger partial charge in [0.25, 0.3) is 0 Å². The Labute approximate surface area is 93.7 Å². The summed E-state index contributed by atoms with van der Waals surface area (Å²) in [6, 6.07) is 7.58. The molecule has 0 atom stereocenters. The fourth-order valence-electron chi connectivity index (χ4n) is 2.17. The van der Waals surface area contributed by atoms with E-state index < -0.39 is 16.2 Å². The van der Waals surface area contributed by atoms with Crippen LogP contribution in [0.25, 0.3) is 0 Å². The normalized spacial score (nSPS) is 25.5. The first-order valence-corrected chi connectivity index (χ1v) is 6.40. The highest BCUT2D eigenvalue weighted by Gasteiger charge is 2.54. The molecular formula is C10H11NO4S. The van der Waals surface area contributed by atoms with Crippen LogP contribution in [0.2, 0.25) is 0 Å². The lowest BCUT2D eigenvalue weighted by molar-refractivity contribution is -0.191. The lowest BCUT2D eigenvalue weighted by Gasteiger charge is -2.39. The monoisotopic (exact) mass is 241 g/mol. The second-order valence-electron chi connectivity index (χ2n) is 3.91. The molecule has 86 valence electrons. The summed E-state index contributed by atoms with van der Waals surface area (Å²) < 4.78 is 31.9. The van der Waals surface area contributed by atoms with Crippen molar-refractivity contribution < 1.29 is 16.8 Å². The molecular weight excluding hydrogens is 230 g/mol. The van der Waals surface area contributed by atoms with Gasteiger partial charge in [-0.15, -0.1) is 0 Å². The molecule has 0 aliphatic carbocycles. The van der Waals surface area contributed by atoms with Gasteiger partial charge in [-0.1, -0.05) is 24.3 Å². The van der Waals surface area contributed by atoms with Gasteiger partial charge in [0.15, 0.2) is 0 Å². The average Bonchev–Trinajstić information content (AvgIpc) is 2.38. The predicted octanol–water partition coefficient (Wildman–Crippen LogP) is 0.277. The Kier molecular flexibility index (Phi) is 2.09. The van der Waals surface area contributed by atoms with Gasteiger partial charge in [0, 0.05) is 5.56 Å². The Bertz CT molecular complexity index is 513.